The molecule has 168 valence electrons. The number of nitrogens with zero attached hydrogens (tertiary/aromatic N) is 1. The van der Waals surface area contributed by atoms with E-state index in [0.717, 1.165) is 30.6 Å². The second-order valence-electron chi connectivity index (χ2n) is 10.8. The summed E-state index contributed by atoms with van der Waals surface area (Å²) in [6.45, 7) is 4.72. The number of likely N-dealkylation sites (N-methyl/N-ethyl adjacent to an activating group) is 1. The predicted molar refractivity (Wildman–Crippen MR) is 116 cm³/mol. The number of carbonyl (C=O) groups is 2. The van der Waals surface area contributed by atoms with Crippen molar-refractivity contribution in [2.24, 2.45) is 29.1 Å². The largest absolute Gasteiger partial charge is 0.454 e. The van der Waals surface area contributed by atoms with Crippen LogP contribution in [0.1, 0.15) is 57.9 Å². The van der Waals surface area contributed by atoms with Crippen LogP contribution in [0, 0.1) is 29.1 Å². The minimum Gasteiger partial charge on any atom is -0.454 e. The maximum absolute atomic E-state index is 13.5. The van der Waals surface area contributed by atoms with Gasteiger partial charge in [-0.1, -0.05) is 19.9 Å². The zero-order chi connectivity index (χ0) is 21.8. The molecule has 2 amide bonds. The molecule has 31 heavy (non-hydrogen) atoms. The van der Waals surface area contributed by atoms with Crippen LogP contribution in [0.4, 0.5) is 0 Å². The molecule has 4 fully saturated rings. The minimum absolute atomic E-state index is 0.0320. The fraction of sp³-hybridized carbons (Fsp3) is 0.680. The number of fused-ring (bicyclic) bond motifs is 1. The minimum atomic E-state index is -0.500. The van der Waals surface area contributed by atoms with Gasteiger partial charge in [-0.05, 0) is 79.9 Å². The Balaban J connectivity index is 1.27. The highest BCUT2D eigenvalue weighted by Gasteiger charge is 2.55. The van der Waals surface area contributed by atoms with Crippen molar-refractivity contribution in [1.29, 1.82) is 0 Å². The maximum atomic E-state index is 13.5. The molecule has 4 aliphatic carbocycles. The Morgan fingerprint density at radius 2 is 1.68 bits per heavy atom. The molecule has 1 heterocycles. The van der Waals surface area contributed by atoms with Crippen LogP contribution in [0.5, 0.6) is 11.5 Å². The summed E-state index contributed by atoms with van der Waals surface area (Å²) in [7, 11) is 1.80. The molecule has 0 spiro atoms. The molecule has 6 nitrogen and oxygen atoms in total. The maximum Gasteiger partial charge on any atom is 0.245 e. The summed E-state index contributed by atoms with van der Waals surface area (Å²) in [6.07, 6.45) is 6.94. The van der Waals surface area contributed by atoms with Crippen molar-refractivity contribution in [3.8, 4) is 11.5 Å². The third-order valence-corrected chi connectivity index (χ3v) is 7.97. The van der Waals surface area contributed by atoms with Crippen molar-refractivity contribution in [3.63, 3.8) is 0 Å². The Hall–Kier alpha value is -2.24. The van der Waals surface area contributed by atoms with Crippen LogP contribution in [0.25, 0.3) is 0 Å². The van der Waals surface area contributed by atoms with Gasteiger partial charge in [0.05, 0.1) is 0 Å². The summed E-state index contributed by atoms with van der Waals surface area (Å²) in [4.78, 5) is 28.6. The van der Waals surface area contributed by atoms with Gasteiger partial charge in [-0.2, -0.15) is 0 Å². The van der Waals surface area contributed by atoms with E-state index in [9.17, 15) is 9.59 Å². The molecule has 1 aromatic rings. The lowest BCUT2D eigenvalue weighted by Crippen LogP contribution is -2.58. The molecule has 1 atom stereocenters. The SMILES string of the molecule is CC(C)C(NC(=O)C12CC3CC(CC(C3)C1)C2)C(=O)N(C)Cc1ccc2c(c1)OCO2. The van der Waals surface area contributed by atoms with Crippen molar-refractivity contribution >= 4 is 11.8 Å². The molecular formula is C25H34N2O4. The average molecular weight is 427 g/mol. The van der Waals surface area contributed by atoms with Crippen LogP contribution in [-0.2, 0) is 16.1 Å². The lowest BCUT2D eigenvalue weighted by Gasteiger charge is -2.56. The summed E-state index contributed by atoms with van der Waals surface area (Å²) in [5.74, 6) is 3.69. The Morgan fingerprint density at radius 3 is 2.29 bits per heavy atom. The summed E-state index contributed by atoms with van der Waals surface area (Å²) >= 11 is 0. The zero-order valence-electron chi connectivity index (χ0n) is 18.9. The van der Waals surface area contributed by atoms with Crippen molar-refractivity contribution in [2.45, 2.75) is 65.0 Å². The topological polar surface area (TPSA) is 67.9 Å². The first-order valence-electron chi connectivity index (χ1n) is 11.8. The fourth-order valence-electron chi connectivity index (χ4n) is 6.83. The van der Waals surface area contributed by atoms with E-state index >= 15 is 0 Å². The molecule has 1 unspecified atom stereocenters. The molecule has 6 heteroatoms. The van der Waals surface area contributed by atoms with Gasteiger partial charge in [0, 0.05) is 19.0 Å². The molecule has 0 aromatic heterocycles. The summed E-state index contributed by atoms with van der Waals surface area (Å²) in [5.41, 5.74) is 0.743. The van der Waals surface area contributed by atoms with Gasteiger partial charge in [0.2, 0.25) is 18.6 Å². The standard InChI is InChI=1S/C25H34N2O4/c1-15(2)22(23(28)27(3)13-16-4-5-20-21(9-16)31-14-30-20)26-24(29)25-10-17-6-18(11-25)8-19(7-17)12-25/h4-5,9,15,17-19,22H,6-8,10-14H2,1-3H3,(H,26,29). The molecule has 4 saturated carbocycles. The molecule has 1 N–H and O–H groups in total. The van der Waals surface area contributed by atoms with Gasteiger partial charge in [0.1, 0.15) is 6.04 Å². The van der Waals surface area contributed by atoms with Crippen molar-refractivity contribution in [2.75, 3.05) is 13.8 Å². The number of nitrogens with one attached hydrogen (secondary N) is 1. The molecular weight excluding hydrogens is 392 g/mol. The molecule has 0 radical (unpaired) electrons. The van der Waals surface area contributed by atoms with E-state index in [1.54, 1.807) is 11.9 Å². The number of rotatable bonds is 6. The Kier molecular flexibility index (Phi) is 5.14. The van der Waals surface area contributed by atoms with Gasteiger partial charge in [-0.25, -0.2) is 0 Å². The van der Waals surface area contributed by atoms with Crippen molar-refractivity contribution in [1.82, 2.24) is 10.2 Å². The summed E-state index contributed by atoms with van der Waals surface area (Å²) in [5, 5.41) is 3.21. The highest BCUT2D eigenvalue weighted by atomic mass is 16.7. The number of hydrogen-bond acceptors (Lipinski definition) is 4. The van der Waals surface area contributed by atoms with Crippen molar-refractivity contribution in [3.05, 3.63) is 23.8 Å². The number of benzene rings is 1. The Morgan fingerprint density at radius 1 is 1.06 bits per heavy atom. The second-order valence-corrected chi connectivity index (χ2v) is 10.8. The van der Waals surface area contributed by atoms with Crippen molar-refractivity contribution < 1.29 is 19.1 Å². The van der Waals surface area contributed by atoms with E-state index in [0.29, 0.717) is 30.0 Å². The Bertz CT molecular complexity index is 845. The van der Waals surface area contributed by atoms with Gasteiger partial charge in [0.25, 0.3) is 0 Å². The molecule has 5 aliphatic rings. The second kappa shape index (κ2) is 7.72. The number of carbonyl (C=O) groups excluding carboxylic acids is 2. The number of ether oxygens (including phenoxy) is 2. The van der Waals surface area contributed by atoms with Gasteiger partial charge in [0.15, 0.2) is 11.5 Å². The zero-order valence-corrected chi connectivity index (χ0v) is 18.9. The molecule has 0 saturated heterocycles. The average Bonchev–Trinajstić information content (AvgIpc) is 3.18. The van der Waals surface area contributed by atoms with Crippen LogP contribution in [0.2, 0.25) is 0 Å². The molecule has 1 aliphatic heterocycles. The van der Waals surface area contributed by atoms with E-state index in [4.69, 9.17) is 9.47 Å². The van der Waals surface area contributed by atoms with E-state index in [-0.39, 0.29) is 29.9 Å². The third kappa shape index (κ3) is 3.79. The lowest BCUT2D eigenvalue weighted by atomic mass is 9.49. The van der Waals surface area contributed by atoms with Crippen LogP contribution in [0.15, 0.2) is 18.2 Å². The Labute approximate surface area is 184 Å². The highest BCUT2D eigenvalue weighted by Crippen LogP contribution is 2.60. The highest BCUT2D eigenvalue weighted by molar-refractivity contribution is 5.90. The van der Waals surface area contributed by atoms with Gasteiger partial charge in [-0.3, -0.25) is 9.59 Å². The van der Waals surface area contributed by atoms with Crippen LogP contribution >= 0.6 is 0 Å². The molecule has 1 aromatic carbocycles. The number of hydrogen-bond donors (Lipinski definition) is 1. The fourth-order valence-corrected chi connectivity index (χ4v) is 6.83. The van der Waals surface area contributed by atoms with Crippen LogP contribution < -0.4 is 14.8 Å². The summed E-state index contributed by atoms with van der Waals surface area (Å²) in [6, 6.07) is 5.25. The quantitative estimate of drug-likeness (QED) is 0.753. The van der Waals surface area contributed by atoms with E-state index in [1.165, 1.54) is 19.3 Å². The normalized spacial score (nSPS) is 31.0. The molecule has 6 rings (SSSR count). The predicted octanol–water partition coefficient (Wildman–Crippen LogP) is 3.73. The lowest BCUT2D eigenvalue weighted by molar-refractivity contribution is -0.150. The third-order valence-electron chi connectivity index (χ3n) is 7.97. The first kappa shape index (κ1) is 20.7. The first-order chi connectivity index (χ1) is 14.8. The van der Waals surface area contributed by atoms with E-state index < -0.39 is 6.04 Å². The van der Waals surface area contributed by atoms with E-state index in [2.05, 4.69) is 5.32 Å². The van der Waals surface area contributed by atoms with Crippen LogP contribution in [0.3, 0.4) is 0 Å². The van der Waals surface area contributed by atoms with Crippen LogP contribution in [-0.4, -0.2) is 36.6 Å². The number of amides is 2. The first-order valence-corrected chi connectivity index (χ1v) is 11.8. The van der Waals surface area contributed by atoms with Gasteiger partial charge < -0.3 is 19.7 Å². The summed E-state index contributed by atoms with van der Waals surface area (Å²) < 4.78 is 10.8. The van der Waals surface area contributed by atoms with Gasteiger partial charge in [-0.15, -0.1) is 0 Å². The monoisotopic (exact) mass is 426 g/mol. The van der Waals surface area contributed by atoms with E-state index in [1.807, 2.05) is 32.0 Å². The smallest absolute Gasteiger partial charge is 0.245 e. The van der Waals surface area contributed by atoms with Gasteiger partial charge >= 0.3 is 0 Å². The molecule has 4 bridgehead atoms.